The molecule has 35 heavy (non-hydrogen) atoms. The first-order valence-corrected chi connectivity index (χ1v) is 11.7. The second-order valence-electron chi connectivity index (χ2n) is 8.83. The smallest absolute Gasteiger partial charge is 0.337 e. The van der Waals surface area contributed by atoms with Gasteiger partial charge in [-0.2, -0.15) is 0 Å². The molecule has 0 N–H and O–H groups in total. The number of esters is 1. The largest absolute Gasteiger partial charge is 0.465 e. The molecular formula is C27H31N5O3. The highest BCUT2D eigenvalue weighted by Crippen LogP contribution is 2.28. The Morgan fingerprint density at radius 1 is 1.20 bits per heavy atom. The lowest BCUT2D eigenvalue weighted by Gasteiger charge is -2.36. The number of carbonyl (C=O) groups is 2. The Kier molecular flexibility index (Phi) is 7.41. The van der Waals surface area contributed by atoms with Crippen molar-refractivity contribution in [2.45, 2.75) is 38.9 Å². The fourth-order valence-corrected chi connectivity index (χ4v) is 4.54. The summed E-state index contributed by atoms with van der Waals surface area (Å²) in [6.07, 6.45) is 8.04. The Morgan fingerprint density at radius 2 is 1.97 bits per heavy atom. The minimum Gasteiger partial charge on any atom is -0.465 e. The summed E-state index contributed by atoms with van der Waals surface area (Å²) in [4.78, 5) is 40.6. The maximum Gasteiger partial charge on any atom is 0.337 e. The van der Waals surface area contributed by atoms with E-state index in [1.54, 1.807) is 40.3 Å². The van der Waals surface area contributed by atoms with E-state index in [9.17, 15) is 9.59 Å². The van der Waals surface area contributed by atoms with Crippen LogP contribution in [0.5, 0.6) is 0 Å². The van der Waals surface area contributed by atoms with Crippen molar-refractivity contribution in [3.8, 4) is 0 Å². The van der Waals surface area contributed by atoms with Gasteiger partial charge >= 0.3 is 12.0 Å². The molecule has 0 saturated carbocycles. The minimum absolute atomic E-state index is 0.0710. The van der Waals surface area contributed by atoms with Crippen LogP contribution < -0.4 is 4.90 Å². The average molecular weight is 474 g/mol. The number of aryl methyl sites for hydroxylation is 1. The Morgan fingerprint density at radius 3 is 2.69 bits per heavy atom. The van der Waals surface area contributed by atoms with Crippen molar-refractivity contribution in [2.24, 2.45) is 4.99 Å². The number of likely N-dealkylation sites (tertiary alicyclic amines) is 1. The van der Waals surface area contributed by atoms with Crippen LogP contribution in [0.3, 0.4) is 0 Å². The number of aliphatic imine (C=N–C) groups is 1. The van der Waals surface area contributed by atoms with Gasteiger partial charge in [-0.05, 0) is 62.2 Å². The number of aromatic nitrogens is 1. The summed E-state index contributed by atoms with van der Waals surface area (Å²) in [7, 11) is 1.35. The number of rotatable bonds is 5. The lowest BCUT2D eigenvalue weighted by Crippen LogP contribution is -2.50. The van der Waals surface area contributed by atoms with Crippen molar-refractivity contribution in [1.82, 2.24) is 14.8 Å². The van der Waals surface area contributed by atoms with E-state index in [4.69, 9.17) is 4.74 Å². The lowest BCUT2D eigenvalue weighted by atomic mass is 10.1. The average Bonchev–Trinajstić information content (AvgIpc) is 3.32. The monoisotopic (exact) mass is 473 g/mol. The molecule has 2 aromatic rings. The molecule has 1 aromatic carbocycles. The molecule has 2 amide bonds. The Labute approximate surface area is 206 Å². The number of anilines is 1. The molecule has 8 nitrogen and oxygen atoms in total. The van der Waals surface area contributed by atoms with Gasteiger partial charge in [-0.25, -0.2) is 14.6 Å². The summed E-state index contributed by atoms with van der Waals surface area (Å²) in [6, 6.07) is 10.4. The zero-order valence-electron chi connectivity index (χ0n) is 20.4. The number of hydrogen-bond acceptors (Lipinski definition) is 6. The van der Waals surface area contributed by atoms with Crippen LogP contribution in [0.2, 0.25) is 0 Å². The standard InChI is InChI=1S/C27H31N5O3/c1-19-7-5-15-29-25(19)18-30-16-13-24(17-30)32-21(3)28-14-6-8-20(2)31(27(32)34)23-11-9-22(10-12-23)26(33)35-4/h5-12,14-15,20,24H,3,13,16-18H2,1-2,4H3/b8-6-,28-14-. The third kappa shape index (κ3) is 5.33. The third-order valence-corrected chi connectivity index (χ3v) is 6.47. The number of amides is 2. The van der Waals surface area contributed by atoms with E-state index in [-0.39, 0.29) is 18.1 Å². The molecule has 3 heterocycles. The number of hydrogen-bond donors (Lipinski definition) is 0. The number of benzene rings is 1. The highest BCUT2D eigenvalue weighted by molar-refractivity contribution is 5.96. The highest BCUT2D eigenvalue weighted by atomic mass is 16.5. The van der Waals surface area contributed by atoms with Crippen molar-refractivity contribution in [3.63, 3.8) is 0 Å². The van der Waals surface area contributed by atoms with Crippen molar-refractivity contribution >= 4 is 23.9 Å². The number of methoxy groups -OCH3 is 1. The van der Waals surface area contributed by atoms with Gasteiger partial charge in [0.25, 0.3) is 0 Å². The van der Waals surface area contributed by atoms with E-state index in [2.05, 4.69) is 34.4 Å². The predicted molar refractivity (Wildman–Crippen MR) is 136 cm³/mol. The van der Waals surface area contributed by atoms with Gasteiger partial charge in [-0.3, -0.25) is 19.7 Å². The maximum absolute atomic E-state index is 14.0. The number of nitrogens with zero attached hydrogens (tertiary/aromatic N) is 5. The van der Waals surface area contributed by atoms with E-state index in [0.717, 1.165) is 30.8 Å². The van der Waals surface area contributed by atoms with Gasteiger partial charge in [0.05, 0.1) is 30.5 Å². The van der Waals surface area contributed by atoms with Gasteiger partial charge in [-0.1, -0.05) is 18.7 Å². The zero-order chi connectivity index (χ0) is 24.9. The van der Waals surface area contributed by atoms with E-state index >= 15 is 0 Å². The van der Waals surface area contributed by atoms with Crippen LogP contribution >= 0.6 is 0 Å². The van der Waals surface area contributed by atoms with Gasteiger partial charge in [0.15, 0.2) is 0 Å². The number of urea groups is 1. The number of pyridine rings is 1. The van der Waals surface area contributed by atoms with E-state index in [1.807, 2.05) is 31.3 Å². The molecule has 2 aliphatic heterocycles. The van der Waals surface area contributed by atoms with Gasteiger partial charge in [0.1, 0.15) is 5.82 Å². The molecule has 4 rings (SSSR count). The van der Waals surface area contributed by atoms with E-state index in [1.165, 1.54) is 7.11 Å². The fourth-order valence-electron chi connectivity index (χ4n) is 4.54. The maximum atomic E-state index is 14.0. The Balaban J connectivity index is 1.59. The first-order valence-electron chi connectivity index (χ1n) is 11.7. The number of ether oxygens (including phenoxy) is 1. The summed E-state index contributed by atoms with van der Waals surface area (Å²) < 4.78 is 4.80. The number of carbonyl (C=O) groups excluding carboxylic acids is 2. The molecule has 8 heteroatoms. The van der Waals surface area contributed by atoms with Gasteiger partial charge in [0.2, 0.25) is 0 Å². The molecular weight excluding hydrogens is 442 g/mol. The van der Waals surface area contributed by atoms with Crippen LogP contribution in [-0.2, 0) is 11.3 Å². The van der Waals surface area contributed by atoms with Gasteiger partial charge in [0, 0.05) is 37.7 Å². The van der Waals surface area contributed by atoms with Crippen LogP contribution in [0, 0.1) is 6.92 Å². The van der Waals surface area contributed by atoms with E-state index in [0.29, 0.717) is 23.6 Å². The molecule has 1 aromatic heterocycles. The fraction of sp³-hybridized carbons (Fsp3) is 0.333. The van der Waals surface area contributed by atoms with Crippen LogP contribution in [0.25, 0.3) is 0 Å². The second-order valence-corrected chi connectivity index (χ2v) is 8.83. The van der Waals surface area contributed by atoms with Crippen LogP contribution in [-0.4, -0.2) is 65.3 Å². The molecule has 0 radical (unpaired) electrons. The molecule has 1 fully saturated rings. The predicted octanol–water partition coefficient (Wildman–Crippen LogP) is 4.18. The Bertz CT molecular complexity index is 1160. The molecule has 0 aliphatic carbocycles. The van der Waals surface area contributed by atoms with Crippen LogP contribution in [0.15, 0.2) is 72.1 Å². The van der Waals surface area contributed by atoms with E-state index < -0.39 is 5.97 Å². The SMILES string of the molecule is C=C1/N=C\C=C/C(C)N(c2ccc(C(=O)OC)cc2)C(=O)N1C1CCN(Cc2ncccc2C)C1. The highest BCUT2D eigenvalue weighted by Gasteiger charge is 2.36. The Hall–Kier alpha value is -3.78. The first kappa shape index (κ1) is 24.3. The molecule has 0 bridgehead atoms. The van der Waals surface area contributed by atoms with Crippen molar-refractivity contribution in [3.05, 3.63) is 84.0 Å². The summed E-state index contributed by atoms with van der Waals surface area (Å²) in [5, 5.41) is 0. The number of allylic oxidation sites excluding steroid dienone is 1. The van der Waals surface area contributed by atoms with Crippen LogP contribution in [0.4, 0.5) is 10.5 Å². The summed E-state index contributed by atoms with van der Waals surface area (Å²) in [5.74, 6) is -0.0105. The molecule has 182 valence electrons. The van der Waals surface area contributed by atoms with Gasteiger partial charge < -0.3 is 4.74 Å². The van der Waals surface area contributed by atoms with Crippen molar-refractivity contribution in [2.75, 3.05) is 25.1 Å². The topological polar surface area (TPSA) is 78.3 Å². The molecule has 2 atom stereocenters. The zero-order valence-corrected chi connectivity index (χ0v) is 20.4. The molecule has 2 aliphatic rings. The lowest BCUT2D eigenvalue weighted by molar-refractivity contribution is 0.0600. The molecule has 0 spiro atoms. The summed E-state index contributed by atoms with van der Waals surface area (Å²) in [6.45, 7) is 10.4. The quantitative estimate of drug-likeness (QED) is 0.609. The summed E-state index contributed by atoms with van der Waals surface area (Å²) in [5.41, 5.74) is 3.31. The van der Waals surface area contributed by atoms with Crippen molar-refractivity contribution in [1.29, 1.82) is 0 Å². The minimum atomic E-state index is -0.419. The van der Waals surface area contributed by atoms with Crippen LogP contribution in [0.1, 0.15) is 35.0 Å². The normalized spacial score (nSPS) is 22.9. The summed E-state index contributed by atoms with van der Waals surface area (Å²) >= 11 is 0. The molecule has 2 unspecified atom stereocenters. The second kappa shape index (κ2) is 10.7. The van der Waals surface area contributed by atoms with Gasteiger partial charge in [-0.15, -0.1) is 0 Å². The molecule has 1 saturated heterocycles. The third-order valence-electron chi connectivity index (χ3n) is 6.47. The first-order chi connectivity index (χ1) is 16.9. The van der Waals surface area contributed by atoms with Crippen molar-refractivity contribution < 1.29 is 14.3 Å².